The molecule has 0 bridgehead atoms. The molecule has 1 heterocycles. The van der Waals surface area contributed by atoms with E-state index in [0.717, 1.165) is 17.9 Å². The predicted octanol–water partition coefficient (Wildman–Crippen LogP) is 2.70. The number of rotatable bonds is 6. The average molecular weight is 248 g/mol. The minimum absolute atomic E-state index is 0.745. The van der Waals surface area contributed by atoms with Gasteiger partial charge in [-0.3, -0.25) is 0 Å². The van der Waals surface area contributed by atoms with Crippen molar-refractivity contribution < 1.29 is 4.74 Å². The van der Waals surface area contributed by atoms with Gasteiger partial charge in [0, 0.05) is 0 Å². The van der Waals surface area contributed by atoms with Crippen molar-refractivity contribution in [1.82, 2.24) is 4.90 Å². The third kappa shape index (κ3) is 3.64. The lowest BCUT2D eigenvalue weighted by atomic mass is 10.1. The van der Waals surface area contributed by atoms with Crippen LogP contribution in [0.15, 0.2) is 18.2 Å². The number of anilines is 1. The summed E-state index contributed by atoms with van der Waals surface area (Å²) in [6.45, 7) is 3.86. The molecule has 1 aliphatic rings. The molecule has 0 radical (unpaired) electrons. The van der Waals surface area contributed by atoms with E-state index in [9.17, 15) is 0 Å². The van der Waals surface area contributed by atoms with Crippen LogP contribution in [-0.2, 0) is 6.42 Å². The number of hydrogen-bond acceptors (Lipinski definition) is 3. The first kappa shape index (κ1) is 13.2. The summed E-state index contributed by atoms with van der Waals surface area (Å²) >= 11 is 0. The van der Waals surface area contributed by atoms with Gasteiger partial charge in [-0.25, -0.2) is 0 Å². The average Bonchev–Trinajstić information content (AvgIpc) is 2.88. The van der Waals surface area contributed by atoms with Crippen LogP contribution in [0, 0.1) is 0 Å². The van der Waals surface area contributed by atoms with Gasteiger partial charge in [0.2, 0.25) is 0 Å². The van der Waals surface area contributed by atoms with E-state index in [4.69, 9.17) is 10.5 Å². The minimum Gasteiger partial charge on any atom is -0.495 e. The molecule has 2 rings (SSSR count). The lowest BCUT2D eigenvalue weighted by Crippen LogP contribution is -2.20. The molecule has 0 aromatic heterocycles. The van der Waals surface area contributed by atoms with Gasteiger partial charge >= 0.3 is 0 Å². The molecule has 0 saturated carbocycles. The molecule has 1 saturated heterocycles. The number of nitrogen functional groups attached to an aromatic ring is 1. The Balaban J connectivity index is 1.71. The Morgan fingerprint density at radius 2 is 2.00 bits per heavy atom. The normalized spacial score (nSPS) is 16.1. The predicted molar refractivity (Wildman–Crippen MR) is 76.0 cm³/mol. The quantitative estimate of drug-likeness (QED) is 0.621. The summed E-state index contributed by atoms with van der Waals surface area (Å²) in [5.74, 6) is 0.774. The van der Waals surface area contributed by atoms with Gasteiger partial charge in [0.1, 0.15) is 5.75 Å². The van der Waals surface area contributed by atoms with Gasteiger partial charge in [0.25, 0.3) is 0 Å². The third-order valence-corrected chi connectivity index (χ3v) is 3.68. The molecule has 100 valence electrons. The molecular weight excluding hydrogens is 224 g/mol. The second-order valence-electron chi connectivity index (χ2n) is 5.08. The van der Waals surface area contributed by atoms with Crippen molar-refractivity contribution in [2.24, 2.45) is 0 Å². The summed E-state index contributed by atoms with van der Waals surface area (Å²) in [5.41, 5.74) is 7.96. The molecule has 2 N–H and O–H groups in total. The number of benzene rings is 1. The number of nitrogens with zero attached hydrogens (tertiary/aromatic N) is 1. The van der Waals surface area contributed by atoms with Crippen LogP contribution in [-0.4, -0.2) is 31.6 Å². The van der Waals surface area contributed by atoms with Crippen LogP contribution in [0.25, 0.3) is 0 Å². The van der Waals surface area contributed by atoms with Crippen molar-refractivity contribution in [3.8, 4) is 5.75 Å². The van der Waals surface area contributed by atoms with Crippen molar-refractivity contribution in [3.63, 3.8) is 0 Å². The van der Waals surface area contributed by atoms with E-state index in [0.29, 0.717) is 0 Å². The van der Waals surface area contributed by atoms with E-state index in [1.165, 1.54) is 50.9 Å². The van der Waals surface area contributed by atoms with Crippen LogP contribution in [0.5, 0.6) is 5.75 Å². The zero-order chi connectivity index (χ0) is 12.8. The standard InChI is InChI=1S/C15H24N2O/c1-18-15-8-7-13(12-14(15)16)6-2-3-9-17-10-4-5-11-17/h7-8,12H,2-6,9-11,16H2,1H3. The molecular formula is C15H24N2O. The molecule has 1 fully saturated rings. The Labute approximate surface area is 110 Å². The molecule has 3 nitrogen and oxygen atoms in total. The first-order valence-electron chi connectivity index (χ1n) is 6.94. The molecule has 0 amide bonds. The number of unbranched alkanes of at least 4 members (excludes halogenated alkanes) is 1. The molecule has 3 heteroatoms. The molecule has 1 aromatic carbocycles. The van der Waals surface area contributed by atoms with E-state index < -0.39 is 0 Å². The summed E-state index contributed by atoms with van der Waals surface area (Å²) in [6, 6.07) is 6.12. The smallest absolute Gasteiger partial charge is 0.141 e. The highest BCUT2D eigenvalue weighted by atomic mass is 16.5. The fraction of sp³-hybridized carbons (Fsp3) is 0.600. The highest BCUT2D eigenvalue weighted by Gasteiger charge is 2.10. The van der Waals surface area contributed by atoms with Crippen LogP contribution < -0.4 is 10.5 Å². The summed E-state index contributed by atoms with van der Waals surface area (Å²) in [7, 11) is 1.65. The fourth-order valence-corrected chi connectivity index (χ4v) is 2.61. The SMILES string of the molecule is COc1ccc(CCCCN2CCCC2)cc1N. The molecule has 0 atom stereocenters. The monoisotopic (exact) mass is 248 g/mol. The summed E-state index contributed by atoms with van der Waals surface area (Å²) in [4.78, 5) is 2.57. The highest BCUT2D eigenvalue weighted by Crippen LogP contribution is 2.22. The minimum atomic E-state index is 0.745. The number of hydrogen-bond donors (Lipinski definition) is 1. The van der Waals surface area contributed by atoms with Crippen molar-refractivity contribution >= 4 is 5.69 Å². The summed E-state index contributed by atoms with van der Waals surface area (Å²) in [5, 5.41) is 0. The topological polar surface area (TPSA) is 38.5 Å². The van der Waals surface area contributed by atoms with E-state index in [1.807, 2.05) is 12.1 Å². The molecule has 0 spiro atoms. The van der Waals surface area contributed by atoms with Crippen LogP contribution in [0.2, 0.25) is 0 Å². The van der Waals surface area contributed by atoms with Gasteiger partial charge in [0.05, 0.1) is 12.8 Å². The number of methoxy groups -OCH3 is 1. The number of nitrogens with two attached hydrogens (primary N) is 1. The van der Waals surface area contributed by atoms with Crippen molar-refractivity contribution in [2.45, 2.75) is 32.1 Å². The molecule has 0 aliphatic carbocycles. The molecule has 1 aliphatic heterocycles. The van der Waals surface area contributed by atoms with Crippen LogP contribution in [0.1, 0.15) is 31.2 Å². The van der Waals surface area contributed by atoms with Crippen LogP contribution in [0.4, 0.5) is 5.69 Å². The van der Waals surface area contributed by atoms with E-state index in [-0.39, 0.29) is 0 Å². The van der Waals surface area contributed by atoms with Crippen molar-refractivity contribution in [2.75, 3.05) is 32.5 Å². The van der Waals surface area contributed by atoms with Crippen LogP contribution in [0.3, 0.4) is 0 Å². The number of aryl methyl sites for hydroxylation is 1. The number of likely N-dealkylation sites (tertiary alicyclic amines) is 1. The summed E-state index contributed by atoms with van der Waals surface area (Å²) < 4.78 is 5.16. The van der Waals surface area contributed by atoms with Gasteiger partial charge in [-0.05, 0) is 69.4 Å². The first-order chi connectivity index (χ1) is 8.79. The highest BCUT2D eigenvalue weighted by molar-refractivity contribution is 5.54. The zero-order valence-corrected chi connectivity index (χ0v) is 11.3. The second-order valence-corrected chi connectivity index (χ2v) is 5.08. The molecule has 18 heavy (non-hydrogen) atoms. The molecule has 1 aromatic rings. The van der Waals surface area contributed by atoms with Gasteiger partial charge in [0.15, 0.2) is 0 Å². The maximum atomic E-state index is 5.90. The van der Waals surface area contributed by atoms with Gasteiger partial charge in [-0.1, -0.05) is 6.07 Å². The van der Waals surface area contributed by atoms with Gasteiger partial charge in [-0.15, -0.1) is 0 Å². The first-order valence-corrected chi connectivity index (χ1v) is 6.94. The van der Waals surface area contributed by atoms with Crippen LogP contribution >= 0.6 is 0 Å². The Kier molecular flexibility index (Phi) is 4.88. The maximum Gasteiger partial charge on any atom is 0.141 e. The molecule has 0 unspecified atom stereocenters. The largest absolute Gasteiger partial charge is 0.495 e. The maximum absolute atomic E-state index is 5.90. The number of ether oxygens (including phenoxy) is 1. The second kappa shape index (κ2) is 6.64. The summed E-state index contributed by atoms with van der Waals surface area (Å²) in [6.07, 6.45) is 6.40. The van der Waals surface area contributed by atoms with Gasteiger partial charge in [-0.2, -0.15) is 0 Å². The van der Waals surface area contributed by atoms with E-state index in [2.05, 4.69) is 11.0 Å². The third-order valence-electron chi connectivity index (χ3n) is 3.68. The Hall–Kier alpha value is -1.22. The Morgan fingerprint density at radius 3 is 2.67 bits per heavy atom. The van der Waals surface area contributed by atoms with E-state index in [1.54, 1.807) is 7.11 Å². The fourth-order valence-electron chi connectivity index (χ4n) is 2.61. The van der Waals surface area contributed by atoms with Crippen molar-refractivity contribution in [3.05, 3.63) is 23.8 Å². The Bertz CT molecular complexity index is 373. The lowest BCUT2D eigenvalue weighted by Gasteiger charge is -2.14. The Morgan fingerprint density at radius 1 is 1.22 bits per heavy atom. The van der Waals surface area contributed by atoms with Gasteiger partial charge < -0.3 is 15.4 Å². The lowest BCUT2D eigenvalue weighted by molar-refractivity contribution is 0.330. The van der Waals surface area contributed by atoms with E-state index >= 15 is 0 Å². The zero-order valence-electron chi connectivity index (χ0n) is 11.3. The van der Waals surface area contributed by atoms with Crippen molar-refractivity contribution in [1.29, 1.82) is 0 Å².